The zero-order valence-electron chi connectivity index (χ0n) is 18.1. The van der Waals surface area contributed by atoms with Gasteiger partial charge in [-0.3, -0.25) is 14.4 Å². The number of amides is 3. The minimum atomic E-state index is -0.873. The molecule has 0 heterocycles. The van der Waals surface area contributed by atoms with E-state index in [-0.39, 0.29) is 19.1 Å². The lowest BCUT2D eigenvalue weighted by Gasteiger charge is -2.08. The van der Waals surface area contributed by atoms with Crippen LogP contribution >= 0.6 is 0 Å². The lowest BCUT2D eigenvalue weighted by molar-refractivity contribution is -0.139. The van der Waals surface area contributed by atoms with Crippen molar-refractivity contribution in [2.24, 2.45) is 5.10 Å². The summed E-state index contributed by atoms with van der Waals surface area (Å²) in [6.45, 7) is 2.03. The predicted octanol–water partition coefficient (Wildman–Crippen LogP) is 2.78. The van der Waals surface area contributed by atoms with E-state index in [1.54, 1.807) is 30.3 Å². The molecule has 0 aliphatic carbocycles. The molecule has 0 aliphatic heterocycles. The van der Waals surface area contributed by atoms with E-state index in [9.17, 15) is 14.4 Å². The largest absolute Gasteiger partial charge is 0.484 e. The van der Waals surface area contributed by atoms with Crippen molar-refractivity contribution in [3.8, 4) is 5.75 Å². The van der Waals surface area contributed by atoms with Gasteiger partial charge in [0.2, 0.25) is 0 Å². The second-order valence-corrected chi connectivity index (χ2v) is 7.15. The molecule has 0 spiro atoms. The fraction of sp³-hybridized carbons (Fsp3) is 0.120. The number of carbonyl (C=O) groups is 3. The Morgan fingerprint density at radius 3 is 2.48 bits per heavy atom. The van der Waals surface area contributed by atoms with Crippen molar-refractivity contribution in [1.82, 2.24) is 10.7 Å². The first-order valence-electron chi connectivity index (χ1n) is 10.2. The quantitative estimate of drug-likeness (QED) is 0.282. The van der Waals surface area contributed by atoms with Crippen LogP contribution in [-0.2, 0) is 20.9 Å². The van der Waals surface area contributed by atoms with Crippen molar-refractivity contribution in [1.29, 1.82) is 0 Å². The standard InChI is InChI=1S/C25H24N4O4/c1-18-7-5-11-21(13-18)28-23(30)17-33-22-12-6-10-20(14-22)16-27-29-25(32)24(31)26-15-19-8-3-2-4-9-19/h2-14,16H,15,17H2,1H3,(H,26,31)(H,28,30)(H,29,32)/b27-16-. The van der Waals surface area contributed by atoms with Crippen LogP contribution in [0.1, 0.15) is 16.7 Å². The molecule has 0 atom stereocenters. The minimum Gasteiger partial charge on any atom is -0.484 e. The van der Waals surface area contributed by atoms with Crippen LogP contribution in [-0.4, -0.2) is 30.5 Å². The molecule has 0 bridgehead atoms. The lowest BCUT2D eigenvalue weighted by Crippen LogP contribution is -2.37. The number of benzene rings is 3. The summed E-state index contributed by atoms with van der Waals surface area (Å²) in [5.74, 6) is -1.48. The molecule has 8 heteroatoms. The monoisotopic (exact) mass is 444 g/mol. The van der Waals surface area contributed by atoms with Crippen LogP contribution in [0.5, 0.6) is 5.75 Å². The third-order valence-electron chi connectivity index (χ3n) is 4.41. The maximum Gasteiger partial charge on any atom is 0.329 e. The van der Waals surface area contributed by atoms with E-state index in [0.29, 0.717) is 17.0 Å². The molecular weight excluding hydrogens is 420 g/mol. The van der Waals surface area contributed by atoms with Gasteiger partial charge < -0.3 is 15.4 Å². The van der Waals surface area contributed by atoms with Gasteiger partial charge in [-0.2, -0.15) is 5.10 Å². The molecule has 0 unspecified atom stereocenters. The number of anilines is 1. The summed E-state index contributed by atoms with van der Waals surface area (Å²) in [5.41, 5.74) is 5.43. The average molecular weight is 444 g/mol. The van der Waals surface area contributed by atoms with Crippen molar-refractivity contribution >= 4 is 29.6 Å². The van der Waals surface area contributed by atoms with E-state index in [1.165, 1.54) is 6.21 Å². The van der Waals surface area contributed by atoms with Gasteiger partial charge in [-0.15, -0.1) is 0 Å². The molecule has 0 radical (unpaired) electrons. The lowest BCUT2D eigenvalue weighted by atomic mass is 10.2. The number of nitrogens with zero attached hydrogens (tertiary/aromatic N) is 1. The second-order valence-electron chi connectivity index (χ2n) is 7.15. The molecule has 168 valence electrons. The highest BCUT2D eigenvalue weighted by Crippen LogP contribution is 2.13. The van der Waals surface area contributed by atoms with Gasteiger partial charge in [0, 0.05) is 12.2 Å². The van der Waals surface area contributed by atoms with Crippen molar-refractivity contribution in [3.63, 3.8) is 0 Å². The maximum atomic E-state index is 12.1. The Kier molecular flexibility index (Phi) is 8.30. The highest BCUT2D eigenvalue weighted by atomic mass is 16.5. The molecule has 33 heavy (non-hydrogen) atoms. The van der Waals surface area contributed by atoms with Gasteiger partial charge >= 0.3 is 11.8 Å². The van der Waals surface area contributed by atoms with Crippen molar-refractivity contribution in [2.75, 3.05) is 11.9 Å². The molecule has 0 saturated carbocycles. The Bertz CT molecular complexity index is 1150. The first kappa shape index (κ1) is 23.2. The van der Waals surface area contributed by atoms with Gasteiger partial charge in [0.15, 0.2) is 6.61 Å². The molecule has 0 aliphatic rings. The smallest absolute Gasteiger partial charge is 0.329 e. The highest BCUT2D eigenvalue weighted by Gasteiger charge is 2.11. The summed E-state index contributed by atoms with van der Waals surface area (Å²) >= 11 is 0. The number of hydrazone groups is 1. The summed E-state index contributed by atoms with van der Waals surface area (Å²) in [6.07, 6.45) is 1.38. The van der Waals surface area contributed by atoms with Crippen LogP contribution in [0, 0.1) is 6.92 Å². The average Bonchev–Trinajstić information content (AvgIpc) is 2.82. The molecule has 0 fully saturated rings. The Hall–Kier alpha value is -4.46. The minimum absolute atomic E-state index is 0.160. The number of hydrogen-bond donors (Lipinski definition) is 3. The van der Waals surface area contributed by atoms with Gasteiger partial charge in [0.25, 0.3) is 5.91 Å². The molecule has 3 aromatic rings. The molecule has 3 amide bonds. The number of nitrogens with one attached hydrogen (secondary N) is 3. The van der Waals surface area contributed by atoms with Gasteiger partial charge in [-0.1, -0.05) is 54.6 Å². The molecule has 3 rings (SSSR count). The summed E-state index contributed by atoms with van der Waals surface area (Å²) < 4.78 is 5.53. The van der Waals surface area contributed by atoms with E-state index < -0.39 is 11.8 Å². The van der Waals surface area contributed by atoms with E-state index in [4.69, 9.17) is 4.74 Å². The predicted molar refractivity (Wildman–Crippen MR) is 126 cm³/mol. The fourth-order valence-electron chi connectivity index (χ4n) is 2.83. The fourth-order valence-corrected chi connectivity index (χ4v) is 2.83. The van der Waals surface area contributed by atoms with Gasteiger partial charge in [0.05, 0.1) is 6.21 Å². The zero-order valence-corrected chi connectivity index (χ0v) is 18.1. The van der Waals surface area contributed by atoms with Crippen molar-refractivity contribution in [2.45, 2.75) is 13.5 Å². The number of carbonyl (C=O) groups excluding carboxylic acids is 3. The van der Waals surface area contributed by atoms with Gasteiger partial charge in [0.1, 0.15) is 5.75 Å². The van der Waals surface area contributed by atoms with E-state index in [1.807, 2.05) is 55.5 Å². The first-order valence-corrected chi connectivity index (χ1v) is 10.2. The Morgan fingerprint density at radius 1 is 0.909 bits per heavy atom. The zero-order chi connectivity index (χ0) is 23.5. The second kappa shape index (κ2) is 11.8. The Balaban J connectivity index is 1.44. The normalized spacial score (nSPS) is 10.5. The van der Waals surface area contributed by atoms with E-state index in [2.05, 4.69) is 21.2 Å². The summed E-state index contributed by atoms with van der Waals surface area (Å²) in [7, 11) is 0. The first-order chi connectivity index (χ1) is 16.0. The van der Waals surface area contributed by atoms with Crippen LogP contribution in [0.15, 0.2) is 84.0 Å². The highest BCUT2D eigenvalue weighted by molar-refractivity contribution is 6.35. The Morgan fingerprint density at radius 2 is 1.70 bits per heavy atom. The van der Waals surface area contributed by atoms with Crippen LogP contribution in [0.4, 0.5) is 5.69 Å². The van der Waals surface area contributed by atoms with E-state index >= 15 is 0 Å². The summed E-state index contributed by atoms with van der Waals surface area (Å²) in [5, 5.41) is 9.09. The molecule has 0 aromatic heterocycles. The molecule has 3 aromatic carbocycles. The molecular formula is C25H24N4O4. The molecule has 0 saturated heterocycles. The third kappa shape index (κ3) is 7.95. The number of hydrogen-bond acceptors (Lipinski definition) is 5. The van der Waals surface area contributed by atoms with E-state index in [0.717, 1.165) is 11.1 Å². The topological polar surface area (TPSA) is 109 Å². The third-order valence-corrected chi connectivity index (χ3v) is 4.41. The maximum absolute atomic E-state index is 12.1. The SMILES string of the molecule is Cc1cccc(NC(=O)COc2cccc(/C=N\NC(=O)C(=O)NCc3ccccc3)c2)c1. The number of rotatable bonds is 8. The van der Waals surface area contributed by atoms with Crippen LogP contribution in [0.2, 0.25) is 0 Å². The van der Waals surface area contributed by atoms with Crippen molar-refractivity contribution < 1.29 is 19.1 Å². The summed E-state index contributed by atoms with van der Waals surface area (Å²) in [4.78, 5) is 35.8. The molecule has 8 nitrogen and oxygen atoms in total. The molecule has 3 N–H and O–H groups in total. The van der Waals surface area contributed by atoms with Crippen LogP contribution < -0.4 is 20.8 Å². The van der Waals surface area contributed by atoms with Gasteiger partial charge in [-0.25, -0.2) is 5.43 Å². The summed E-state index contributed by atoms with van der Waals surface area (Å²) in [6, 6.07) is 23.6. The van der Waals surface area contributed by atoms with Gasteiger partial charge in [-0.05, 0) is 47.9 Å². The van der Waals surface area contributed by atoms with Crippen LogP contribution in [0.25, 0.3) is 0 Å². The number of ether oxygens (including phenoxy) is 1. The Labute approximate surface area is 191 Å². The van der Waals surface area contributed by atoms with Crippen LogP contribution in [0.3, 0.4) is 0 Å². The number of aryl methyl sites for hydroxylation is 1. The van der Waals surface area contributed by atoms with Crippen molar-refractivity contribution in [3.05, 3.63) is 95.6 Å².